The number of hydrogen-bond acceptors (Lipinski definition) is 0. The van der Waals surface area contributed by atoms with Gasteiger partial charge in [0.15, 0.2) is 0 Å². The second kappa shape index (κ2) is 11.0. The van der Waals surface area contributed by atoms with Crippen molar-refractivity contribution in [2.24, 2.45) is 0 Å². The van der Waals surface area contributed by atoms with E-state index in [0.717, 1.165) is 6.42 Å². The quantitative estimate of drug-likeness (QED) is 0.459. The van der Waals surface area contributed by atoms with E-state index in [1.165, 1.54) is 27.5 Å². The van der Waals surface area contributed by atoms with Crippen molar-refractivity contribution in [2.45, 2.75) is 26.2 Å². The number of fused-ring (bicyclic) bond motifs is 3. The Kier molecular flexibility index (Phi) is 10.6. The molecule has 24 heavy (non-hydrogen) atoms. The molecule has 4 rings (SSSR count). The van der Waals surface area contributed by atoms with Gasteiger partial charge in [-0.25, -0.2) is 12.1 Å². The van der Waals surface area contributed by atoms with Crippen molar-refractivity contribution in [2.75, 3.05) is 0 Å². The second-order valence-corrected chi connectivity index (χ2v) is 5.75. The maximum Gasteiger partial charge on any atom is 4.00 e. The average Bonchev–Trinajstić information content (AvgIpc) is 3.19. The van der Waals surface area contributed by atoms with E-state index in [4.69, 9.17) is 0 Å². The molecule has 3 aromatic carbocycles. The molecular weight excluding hydrogens is 414 g/mol. The molecule has 0 heterocycles. The summed E-state index contributed by atoms with van der Waals surface area (Å²) in [6.07, 6.45) is 6.47. The van der Waals surface area contributed by atoms with Gasteiger partial charge in [-0.15, -0.1) is 23.1 Å². The molecule has 0 nitrogen and oxygen atoms in total. The van der Waals surface area contributed by atoms with Gasteiger partial charge >= 0.3 is 26.2 Å². The zero-order chi connectivity index (χ0) is 14.7. The van der Waals surface area contributed by atoms with E-state index in [0.29, 0.717) is 5.92 Å². The summed E-state index contributed by atoms with van der Waals surface area (Å²) in [5.41, 5.74) is 4.13. The summed E-state index contributed by atoms with van der Waals surface area (Å²) >= 11 is 0. The molecule has 122 valence electrons. The van der Waals surface area contributed by atoms with E-state index in [-0.39, 0.29) is 51.0 Å². The number of rotatable bonds is 1. The molecule has 1 aliphatic rings. The largest absolute Gasteiger partial charge is 4.00 e. The van der Waals surface area contributed by atoms with Gasteiger partial charge in [0.1, 0.15) is 0 Å². The van der Waals surface area contributed by atoms with E-state index < -0.39 is 0 Å². The molecule has 1 aliphatic carbocycles. The Hall–Kier alpha value is -0.747. The van der Waals surface area contributed by atoms with Crippen LogP contribution < -0.4 is 24.8 Å². The van der Waals surface area contributed by atoms with Crippen molar-refractivity contribution in [3.8, 4) is 0 Å². The third-order valence-corrected chi connectivity index (χ3v) is 3.94. The Bertz CT molecular complexity index is 759. The first kappa shape index (κ1) is 23.3. The Balaban J connectivity index is 0.000000429. The van der Waals surface area contributed by atoms with Crippen LogP contribution in [0.15, 0.2) is 66.7 Å². The van der Waals surface area contributed by atoms with Gasteiger partial charge in [0.2, 0.25) is 0 Å². The van der Waals surface area contributed by atoms with Crippen molar-refractivity contribution in [1.82, 2.24) is 0 Å². The Morgan fingerprint density at radius 2 is 1.58 bits per heavy atom. The zero-order valence-electron chi connectivity index (χ0n) is 13.9. The molecule has 0 bridgehead atoms. The monoisotopic (exact) mass is 432 g/mol. The molecule has 0 atom stereocenters. The van der Waals surface area contributed by atoms with E-state index >= 15 is 0 Å². The molecule has 0 saturated heterocycles. The van der Waals surface area contributed by atoms with Gasteiger partial charge in [0.05, 0.1) is 0 Å². The summed E-state index contributed by atoms with van der Waals surface area (Å²) in [5, 5.41) is 2.64. The van der Waals surface area contributed by atoms with E-state index in [1.807, 2.05) is 0 Å². The van der Waals surface area contributed by atoms with Crippen LogP contribution in [0, 0.1) is 6.08 Å². The molecule has 0 N–H and O–H groups in total. The van der Waals surface area contributed by atoms with Crippen LogP contribution >= 0.6 is 0 Å². The van der Waals surface area contributed by atoms with E-state index in [9.17, 15) is 0 Å². The smallest absolute Gasteiger partial charge is 1.00 e. The van der Waals surface area contributed by atoms with Crippen LogP contribution in [0.1, 0.15) is 36.5 Å². The SMILES string of the molecule is CC(C)[c-]1cccc1.[C-]1=CCc2ccc3ccccc3c21.[Cl-].[Cl-].[Zr+4]. The minimum Gasteiger partial charge on any atom is -1.00 e. The predicted molar refractivity (Wildman–Crippen MR) is 90.7 cm³/mol. The number of halogens is 2. The van der Waals surface area contributed by atoms with Crippen molar-refractivity contribution < 1.29 is 51.0 Å². The number of hydrogen-bond donors (Lipinski definition) is 0. The minimum atomic E-state index is 0. The molecule has 0 unspecified atom stereocenters. The first-order chi connectivity index (χ1) is 10.3. The van der Waals surface area contributed by atoms with E-state index in [1.54, 1.807) is 0 Å². The van der Waals surface area contributed by atoms with Crippen molar-refractivity contribution in [3.05, 3.63) is 89.5 Å². The fourth-order valence-corrected chi connectivity index (χ4v) is 2.69. The summed E-state index contributed by atoms with van der Waals surface area (Å²) < 4.78 is 0. The molecule has 0 saturated carbocycles. The fourth-order valence-electron chi connectivity index (χ4n) is 2.69. The summed E-state index contributed by atoms with van der Waals surface area (Å²) in [7, 11) is 0. The predicted octanol–water partition coefficient (Wildman–Crippen LogP) is -0.362. The first-order valence-corrected chi connectivity index (χ1v) is 7.56. The molecule has 3 aromatic rings. The Morgan fingerprint density at radius 3 is 2.21 bits per heavy atom. The Labute approximate surface area is 176 Å². The van der Waals surface area contributed by atoms with Crippen molar-refractivity contribution >= 4 is 10.8 Å². The van der Waals surface area contributed by atoms with Gasteiger partial charge in [-0.3, -0.25) is 0 Å². The van der Waals surface area contributed by atoms with Gasteiger partial charge in [-0.1, -0.05) is 55.8 Å². The van der Waals surface area contributed by atoms with Crippen LogP contribution in [-0.2, 0) is 32.6 Å². The summed E-state index contributed by atoms with van der Waals surface area (Å²) in [6.45, 7) is 4.41. The van der Waals surface area contributed by atoms with Crippen molar-refractivity contribution in [3.63, 3.8) is 0 Å². The fraction of sp³-hybridized carbons (Fsp3) is 0.190. The molecular formula is C21H20Cl2Zr. The summed E-state index contributed by atoms with van der Waals surface area (Å²) in [6, 6.07) is 21.3. The van der Waals surface area contributed by atoms with Gasteiger partial charge in [-0.2, -0.15) is 35.4 Å². The summed E-state index contributed by atoms with van der Waals surface area (Å²) in [5.74, 6) is 0.685. The van der Waals surface area contributed by atoms with Crippen molar-refractivity contribution in [1.29, 1.82) is 0 Å². The van der Waals surface area contributed by atoms with Gasteiger partial charge in [-0.05, 0) is 0 Å². The normalized spacial score (nSPS) is 10.8. The molecule has 0 aromatic heterocycles. The average molecular weight is 435 g/mol. The third kappa shape index (κ3) is 5.38. The third-order valence-electron chi connectivity index (χ3n) is 3.94. The van der Waals surface area contributed by atoms with Crippen LogP contribution in [0.3, 0.4) is 0 Å². The maximum atomic E-state index is 3.32. The molecule has 0 spiro atoms. The van der Waals surface area contributed by atoms with Crippen LogP contribution in [0.2, 0.25) is 0 Å². The number of allylic oxidation sites excluding steroid dienone is 1. The molecule has 0 fully saturated rings. The molecule has 0 radical (unpaired) electrons. The molecule has 3 heteroatoms. The van der Waals surface area contributed by atoms with Gasteiger partial charge in [0, 0.05) is 0 Å². The first-order valence-electron chi connectivity index (χ1n) is 7.56. The topological polar surface area (TPSA) is 0 Å². The van der Waals surface area contributed by atoms with Gasteiger partial charge in [0.25, 0.3) is 0 Å². The van der Waals surface area contributed by atoms with Crippen LogP contribution in [0.4, 0.5) is 0 Å². The number of benzene rings is 2. The van der Waals surface area contributed by atoms with Gasteiger partial charge < -0.3 is 24.8 Å². The van der Waals surface area contributed by atoms with Crippen LogP contribution in [0.25, 0.3) is 10.8 Å². The Morgan fingerprint density at radius 1 is 0.917 bits per heavy atom. The van der Waals surface area contributed by atoms with E-state index in [2.05, 4.69) is 86.7 Å². The zero-order valence-corrected chi connectivity index (χ0v) is 17.9. The van der Waals surface area contributed by atoms with Crippen LogP contribution in [-0.4, -0.2) is 0 Å². The molecule has 0 aliphatic heterocycles. The standard InChI is InChI=1S/C13H9.C8H11.2ClH.Zr/c1-2-6-12-10(4-1)8-9-11-5-3-7-13(11)12;1-7(2)8-5-3-4-6-8;;;/h1-4,6,8-9H,5H2;3-7H,1-2H3;2*1H;/q2*-1;;;+4/p-2. The minimum absolute atomic E-state index is 0. The second-order valence-electron chi connectivity index (χ2n) is 5.75. The van der Waals surface area contributed by atoms with Crippen LogP contribution in [0.5, 0.6) is 0 Å². The summed E-state index contributed by atoms with van der Waals surface area (Å²) in [4.78, 5) is 0. The maximum absolute atomic E-state index is 3.32. The molecule has 0 amide bonds.